The number of hydrogen-bond acceptors (Lipinski definition) is 6. The van der Waals surface area contributed by atoms with Gasteiger partial charge in [0.15, 0.2) is 11.5 Å². The number of nitrogens with zero attached hydrogens (tertiary/aromatic N) is 2. The summed E-state index contributed by atoms with van der Waals surface area (Å²) < 4.78 is 38.2. The Balaban J connectivity index is 1.35. The van der Waals surface area contributed by atoms with Crippen molar-refractivity contribution in [3.8, 4) is 11.5 Å². The van der Waals surface area contributed by atoms with Crippen LogP contribution in [0.25, 0.3) is 0 Å². The fourth-order valence-corrected chi connectivity index (χ4v) is 5.66. The predicted octanol–water partition coefficient (Wildman–Crippen LogP) is 6.20. The quantitative estimate of drug-likeness (QED) is 0.344. The van der Waals surface area contributed by atoms with Crippen molar-refractivity contribution in [3.63, 3.8) is 0 Å². The van der Waals surface area contributed by atoms with Crippen LogP contribution >= 0.6 is 15.9 Å². The lowest BCUT2D eigenvalue weighted by Crippen LogP contribution is -2.51. The molecule has 0 aromatic heterocycles. The summed E-state index contributed by atoms with van der Waals surface area (Å²) in [5, 5.41) is 0. The number of hydrogen-bond donors (Lipinski definition) is 0. The van der Waals surface area contributed by atoms with E-state index in [2.05, 4.69) is 15.9 Å². The Labute approximate surface area is 250 Å². The van der Waals surface area contributed by atoms with E-state index >= 15 is 0 Å². The van der Waals surface area contributed by atoms with Crippen LogP contribution < -0.4 is 9.47 Å². The summed E-state index contributed by atoms with van der Waals surface area (Å²) in [5.74, 6) is 0.879. The SMILES string of the molecule is COc1ccccc1OC[C@H]1CN(C(=O)C2CCC(N(Cc3ccc(Br)cc3F)C(=O)OC(C)(C)C)CC2)CCO1. The normalized spacial score (nSPS) is 21.2. The van der Waals surface area contributed by atoms with Crippen LogP contribution in [0, 0.1) is 11.7 Å². The van der Waals surface area contributed by atoms with Crippen molar-refractivity contribution in [1.82, 2.24) is 9.80 Å². The first-order valence-electron chi connectivity index (χ1n) is 14.1. The van der Waals surface area contributed by atoms with Gasteiger partial charge in [-0.2, -0.15) is 0 Å². The molecule has 10 heteroatoms. The zero-order valence-corrected chi connectivity index (χ0v) is 25.8. The largest absolute Gasteiger partial charge is 0.493 e. The van der Waals surface area contributed by atoms with Gasteiger partial charge in [-0.25, -0.2) is 9.18 Å². The van der Waals surface area contributed by atoms with Gasteiger partial charge < -0.3 is 28.7 Å². The fourth-order valence-electron chi connectivity index (χ4n) is 5.33. The van der Waals surface area contributed by atoms with Crippen molar-refractivity contribution < 1.29 is 32.9 Å². The first kappa shape index (κ1) is 31.1. The Morgan fingerprint density at radius 3 is 2.46 bits per heavy atom. The molecule has 1 saturated heterocycles. The van der Waals surface area contributed by atoms with Crippen molar-refractivity contribution in [3.05, 3.63) is 58.3 Å². The van der Waals surface area contributed by atoms with Crippen molar-refractivity contribution in [2.45, 2.75) is 70.7 Å². The molecule has 2 amide bonds. The van der Waals surface area contributed by atoms with Crippen LogP contribution in [0.4, 0.5) is 9.18 Å². The summed E-state index contributed by atoms with van der Waals surface area (Å²) in [4.78, 5) is 30.2. The molecule has 2 aromatic rings. The van der Waals surface area contributed by atoms with Crippen LogP contribution in [-0.4, -0.2) is 73.0 Å². The monoisotopic (exact) mass is 634 g/mol. The van der Waals surface area contributed by atoms with E-state index in [0.717, 1.165) is 0 Å². The van der Waals surface area contributed by atoms with Gasteiger partial charge in [0.1, 0.15) is 24.1 Å². The van der Waals surface area contributed by atoms with Crippen LogP contribution in [0.2, 0.25) is 0 Å². The maximum absolute atomic E-state index is 14.7. The molecule has 0 N–H and O–H groups in total. The van der Waals surface area contributed by atoms with Gasteiger partial charge in [0.05, 0.1) is 26.8 Å². The number of halogens is 2. The van der Waals surface area contributed by atoms with Gasteiger partial charge in [-0.1, -0.05) is 34.1 Å². The first-order chi connectivity index (χ1) is 19.5. The number of benzene rings is 2. The number of morpholine rings is 1. The Morgan fingerprint density at radius 2 is 1.80 bits per heavy atom. The maximum Gasteiger partial charge on any atom is 0.410 e. The third-order valence-corrected chi connectivity index (χ3v) is 7.91. The van der Waals surface area contributed by atoms with Gasteiger partial charge in [0, 0.05) is 28.5 Å². The van der Waals surface area contributed by atoms with Crippen molar-refractivity contribution in [2.24, 2.45) is 5.92 Å². The second-order valence-corrected chi connectivity index (χ2v) is 12.5. The molecule has 0 bridgehead atoms. The molecule has 1 heterocycles. The van der Waals surface area contributed by atoms with E-state index in [1.165, 1.54) is 6.07 Å². The summed E-state index contributed by atoms with van der Waals surface area (Å²) >= 11 is 3.29. The summed E-state index contributed by atoms with van der Waals surface area (Å²) in [7, 11) is 1.60. The molecule has 8 nitrogen and oxygen atoms in total. The van der Waals surface area contributed by atoms with E-state index in [4.69, 9.17) is 18.9 Å². The topological polar surface area (TPSA) is 77.5 Å². The third-order valence-electron chi connectivity index (χ3n) is 7.41. The number of para-hydroxylation sites is 2. The highest BCUT2D eigenvalue weighted by atomic mass is 79.9. The molecule has 0 spiro atoms. The van der Waals surface area contributed by atoms with E-state index < -0.39 is 11.7 Å². The maximum atomic E-state index is 14.7. The minimum absolute atomic E-state index is 0.106. The summed E-state index contributed by atoms with van der Waals surface area (Å²) in [6, 6.07) is 12.1. The standard InChI is InChI=1S/C31H40BrFN2O6/c1-31(2,3)41-30(37)35(18-22-9-12-23(32)17-26(22)33)24-13-10-21(11-14-24)29(36)34-15-16-39-25(19-34)20-40-28-8-6-5-7-27(28)38-4/h5-9,12,17,21,24-25H,10-11,13-16,18-20H2,1-4H3/t21?,24?,25-/m1/s1. The average Bonchev–Trinajstić information content (AvgIpc) is 2.95. The Kier molecular flexibility index (Phi) is 10.5. The molecule has 0 unspecified atom stereocenters. The molecular weight excluding hydrogens is 595 g/mol. The number of amides is 2. The van der Waals surface area contributed by atoms with Crippen molar-refractivity contribution in [2.75, 3.05) is 33.4 Å². The van der Waals surface area contributed by atoms with E-state index in [1.807, 2.05) is 49.9 Å². The van der Waals surface area contributed by atoms with E-state index in [0.29, 0.717) is 73.5 Å². The molecule has 41 heavy (non-hydrogen) atoms. The van der Waals surface area contributed by atoms with Gasteiger partial charge in [-0.05, 0) is 70.7 Å². The summed E-state index contributed by atoms with van der Waals surface area (Å²) in [5.41, 5.74) is -0.254. The Morgan fingerprint density at radius 1 is 1.10 bits per heavy atom. The second kappa shape index (κ2) is 13.9. The number of carbonyl (C=O) groups is 2. The van der Waals surface area contributed by atoms with Gasteiger partial charge in [0.25, 0.3) is 0 Å². The number of ether oxygens (including phenoxy) is 4. The molecule has 1 saturated carbocycles. The second-order valence-electron chi connectivity index (χ2n) is 11.6. The minimum atomic E-state index is -0.678. The average molecular weight is 636 g/mol. The smallest absolute Gasteiger partial charge is 0.410 e. The first-order valence-corrected chi connectivity index (χ1v) is 14.9. The number of methoxy groups -OCH3 is 1. The lowest BCUT2D eigenvalue weighted by molar-refractivity contribution is -0.145. The lowest BCUT2D eigenvalue weighted by Gasteiger charge is -2.39. The van der Waals surface area contributed by atoms with Crippen LogP contribution in [0.5, 0.6) is 11.5 Å². The Hall–Kier alpha value is -2.85. The zero-order valence-electron chi connectivity index (χ0n) is 24.2. The highest BCUT2D eigenvalue weighted by Gasteiger charge is 2.36. The fraction of sp³-hybridized carbons (Fsp3) is 0.548. The number of carbonyl (C=O) groups excluding carboxylic acids is 2. The van der Waals surface area contributed by atoms with E-state index in [1.54, 1.807) is 24.1 Å². The molecule has 1 aliphatic heterocycles. The molecule has 2 aliphatic rings. The van der Waals surface area contributed by atoms with Gasteiger partial charge in [-0.15, -0.1) is 0 Å². The molecule has 1 aliphatic carbocycles. The van der Waals surface area contributed by atoms with Crippen LogP contribution in [-0.2, 0) is 20.8 Å². The molecule has 0 radical (unpaired) electrons. The Bertz CT molecular complexity index is 1200. The van der Waals surface area contributed by atoms with Crippen LogP contribution in [0.1, 0.15) is 52.0 Å². The molecule has 2 fully saturated rings. The molecular formula is C31H40BrFN2O6. The van der Waals surface area contributed by atoms with Crippen LogP contribution in [0.3, 0.4) is 0 Å². The lowest BCUT2D eigenvalue weighted by atomic mass is 9.84. The molecule has 1 atom stereocenters. The van der Waals surface area contributed by atoms with Crippen molar-refractivity contribution >= 4 is 27.9 Å². The van der Waals surface area contributed by atoms with Crippen LogP contribution in [0.15, 0.2) is 46.9 Å². The summed E-state index contributed by atoms with van der Waals surface area (Å²) in [6.07, 6.45) is 1.85. The van der Waals surface area contributed by atoms with Gasteiger partial charge in [0.2, 0.25) is 5.91 Å². The predicted molar refractivity (Wildman–Crippen MR) is 156 cm³/mol. The summed E-state index contributed by atoms with van der Waals surface area (Å²) in [6.45, 7) is 7.31. The highest BCUT2D eigenvalue weighted by Crippen LogP contribution is 2.32. The molecule has 2 aromatic carbocycles. The van der Waals surface area contributed by atoms with Gasteiger partial charge >= 0.3 is 6.09 Å². The molecule has 224 valence electrons. The van der Waals surface area contributed by atoms with Crippen molar-refractivity contribution in [1.29, 1.82) is 0 Å². The molecule has 4 rings (SSSR count). The highest BCUT2D eigenvalue weighted by molar-refractivity contribution is 9.10. The number of rotatable bonds is 8. The zero-order chi connectivity index (χ0) is 29.6. The third kappa shape index (κ3) is 8.58. The van der Waals surface area contributed by atoms with Gasteiger partial charge in [-0.3, -0.25) is 4.79 Å². The minimum Gasteiger partial charge on any atom is -0.493 e. The van der Waals surface area contributed by atoms with E-state index in [-0.39, 0.29) is 36.3 Å². The van der Waals surface area contributed by atoms with E-state index in [9.17, 15) is 14.0 Å².